The molecule has 2 nitrogen and oxygen atoms in total. The lowest BCUT2D eigenvalue weighted by molar-refractivity contribution is 0.161. The molecule has 2 heteroatoms. The molecule has 0 spiro atoms. The molecule has 0 atom stereocenters. The third kappa shape index (κ3) is 2.52. The monoisotopic (exact) mass is 217 g/mol. The first kappa shape index (κ1) is 11.4. The van der Waals surface area contributed by atoms with Crippen LogP contribution in [0.2, 0.25) is 0 Å². The minimum atomic E-state index is 0.715. The first-order valence-electron chi connectivity index (χ1n) is 5.88. The van der Waals surface area contributed by atoms with E-state index in [0.29, 0.717) is 6.54 Å². The van der Waals surface area contributed by atoms with Crippen LogP contribution in [0, 0.1) is 6.92 Å². The zero-order valence-electron chi connectivity index (χ0n) is 9.83. The number of rotatable bonds is 3. The summed E-state index contributed by atoms with van der Waals surface area (Å²) < 4.78 is 5.33. The highest BCUT2D eigenvalue weighted by atomic mass is 16.5. The van der Waals surface area contributed by atoms with Crippen LogP contribution in [-0.4, -0.2) is 19.8 Å². The highest BCUT2D eigenvalue weighted by Crippen LogP contribution is 2.23. The molecule has 1 aromatic carbocycles. The van der Waals surface area contributed by atoms with Crippen molar-refractivity contribution in [2.75, 3.05) is 19.8 Å². The first-order valence-corrected chi connectivity index (χ1v) is 5.88. The van der Waals surface area contributed by atoms with Crippen LogP contribution in [0.1, 0.15) is 23.1 Å². The average Bonchev–Trinajstić information content (AvgIpc) is 2.33. The summed E-state index contributed by atoms with van der Waals surface area (Å²) in [6, 6.07) is 6.67. The van der Waals surface area contributed by atoms with Crippen molar-refractivity contribution in [1.29, 1.82) is 0 Å². The number of benzene rings is 1. The van der Waals surface area contributed by atoms with Gasteiger partial charge in [0.15, 0.2) is 0 Å². The van der Waals surface area contributed by atoms with Crippen LogP contribution in [0.15, 0.2) is 24.3 Å². The second-order valence-electron chi connectivity index (χ2n) is 4.23. The summed E-state index contributed by atoms with van der Waals surface area (Å²) in [6.07, 6.45) is 4.16. The molecule has 2 N–H and O–H groups in total. The zero-order chi connectivity index (χ0) is 11.4. The second-order valence-corrected chi connectivity index (χ2v) is 4.23. The lowest BCUT2D eigenvalue weighted by atomic mass is 9.96. The number of hydrogen-bond acceptors (Lipinski definition) is 2. The van der Waals surface area contributed by atoms with Gasteiger partial charge in [-0.25, -0.2) is 0 Å². The van der Waals surface area contributed by atoms with Crippen LogP contribution in [0.4, 0.5) is 0 Å². The predicted molar refractivity (Wildman–Crippen MR) is 67.4 cm³/mol. The zero-order valence-corrected chi connectivity index (χ0v) is 9.83. The Balaban J connectivity index is 2.27. The molecule has 0 unspecified atom stereocenters. The van der Waals surface area contributed by atoms with Gasteiger partial charge < -0.3 is 10.5 Å². The van der Waals surface area contributed by atoms with Gasteiger partial charge in [-0.2, -0.15) is 0 Å². The van der Waals surface area contributed by atoms with E-state index in [2.05, 4.69) is 31.2 Å². The Hall–Kier alpha value is -1.12. The maximum Gasteiger partial charge on any atom is 0.0653 e. The minimum absolute atomic E-state index is 0.715. The average molecular weight is 217 g/mol. The van der Waals surface area contributed by atoms with Gasteiger partial charge in [0.25, 0.3) is 0 Å². The van der Waals surface area contributed by atoms with Crippen LogP contribution in [0.25, 0.3) is 5.57 Å². The van der Waals surface area contributed by atoms with Gasteiger partial charge in [0.05, 0.1) is 13.2 Å². The quantitative estimate of drug-likeness (QED) is 0.843. The molecule has 16 heavy (non-hydrogen) atoms. The van der Waals surface area contributed by atoms with Crippen molar-refractivity contribution >= 4 is 5.57 Å². The fourth-order valence-corrected chi connectivity index (χ4v) is 2.09. The molecular formula is C14H19NO. The van der Waals surface area contributed by atoms with E-state index in [-0.39, 0.29) is 0 Å². The Bertz CT molecular complexity index is 396. The summed E-state index contributed by atoms with van der Waals surface area (Å²) in [4.78, 5) is 0. The van der Waals surface area contributed by atoms with Gasteiger partial charge in [0, 0.05) is 0 Å². The van der Waals surface area contributed by atoms with Gasteiger partial charge >= 0.3 is 0 Å². The lowest BCUT2D eigenvalue weighted by Gasteiger charge is -2.15. The Labute approximate surface area is 97.1 Å². The highest BCUT2D eigenvalue weighted by Gasteiger charge is 2.07. The molecule has 0 aromatic heterocycles. The molecule has 0 amide bonds. The summed E-state index contributed by atoms with van der Waals surface area (Å²) >= 11 is 0. The van der Waals surface area contributed by atoms with E-state index in [9.17, 15) is 0 Å². The summed E-state index contributed by atoms with van der Waals surface area (Å²) in [6.45, 7) is 4.45. The topological polar surface area (TPSA) is 35.2 Å². The molecule has 0 radical (unpaired) electrons. The molecule has 1 aliphatic rings. The normalized spacial score (nSPS) is 16.0. The van der Waals surface area contributed by atoms with Gasteiger partial charge in [-0.05, 0) is 48.6 Å². The van der Waals surface area contributed by atoms with Gasteiger partial charge in [-0.3, -0.25) is 0 Å². The fourth-order valence-electron chi connectivity index (χ4n) is 2.09. The van der Waals surface area contributed by atoms with Crippen LogP contribution in [0.3, 0.4) is 0 Å². The van der Waals surface area contributed by atoms with Crippen molar-refractivity contribution in [3.05, 3.63) is 41.0 Å². The van der Waals surface area contributed by atoms with Crippen molar-refractivity contribution in [2.45, 2.75) is 19.8 Å². The summed E-state index contributed by atoms with van der Waals surface area (Å²) in [7, 11) is 0. The fraction of sp³-hybridized carbons (Fsp3) is 0.429. The maximum atomic E-state index is 5.62. The number of ether oxygens (including phenoxy) is 1. The van der Waals surface area contributed by atoms with E-state index in [1.807, 2.05) is 0 Å². The Kier molecular flexibility index (Phi) is 3.75. The minimum Gasteiger partial charge on any atom is -0.377 e. The van der Waals surface area contributed by atoms with Gasteiger partial charge in [-0.1, -0.05) is 24.3 Å². The van der Waals surface area contributed by atoms with Crippen LogP contribution >= 0.6 is 0 Å². The summed E-state index contributed by atoms with van der Waals surface area (Å²) in [5, 5.41) is 0. The number of hydrogen-bond donors (Lipinski definition) is 1. The third-order valence-corrected chi connectivity index (χ3v) is 3.10. The van der Waals surface area contributed by atoms with Crippen LogP contribution < -0.4 is 5.73 Å². The molecule has 1 heterocycles. The second kappa shape index (κ2) is 5.28. The highest BCUT2D eigenvalue weighted by molar-refractivity contribution is 5.67. The summed E-state index contributed by atoms with van der Waals surface area (Å²) in [5.74, 6) is 0. The molecule has 2 rings (SSSR count). The van der Waals surface area contributed by atoms with Crippen LogP contribution in [-0.2, 0) is 11.2 Å². The van der Waals surface area contributed by atoms with Gasteiger partial charge in [0.2, 0.25) is 0 Å². The summed E-state index contributed by atoms with van der Waals surface area (Å²) in [5.41, 5.74) is 11.1. The maximum absolute atomic E-state index is 5.62. The van der Waals surface area contributed by atoms with E-state index < -0.39 is 0 Å². The van der Waals surface area contributed by atoms with Crippen molar-refractivity contribution in [1.82, 2.24) is 0 Å². The molecule has 0 saturated heterocycles. The molecule has 0 fully saturated rings. The van der Waals surface area contributed by atoms with Crippen molar-refractivity contribution < 1.29 is 4.74 Å². The number of aryl methyl sites for hydroxylation is 1. The van der Waals surface area contributed by atoms with Crippen molar-refractivity contribution in [2.24, 2.45) is 5.73 Å². The predicted octanol–water partition coefficient (Wildman–Crippen LogP) is 2.30. The number of nitrogens with two attached hydrogens (primary N) is 1. The smallest absolute Gasteiger partial charge is 0.0653 e. The molecule has 86 valence electrons. The first-order chi connectivity index (χ1) is 7.81. The van der Waals surface area contributed by atoms with Crippen molar-refractivity contribution in [3.63, 3.8) is 0 Å². The Morgan fingerprint density at radius 2 is 2.25 bits per heavy atom. The Morgan fingerprint density at radius 3 is 2.94 bits per heavy atom. The standard InChI is InChI=1S/C14H19NO/c1-11-2-3-14(10-13(11)4-7-15)12-5-8-16-9-6-12/h2-3,5,10H,4,6-9,15H2,1H3. The van der Waals surface area contributed by atoms with E-state index >= 15 is 0 Å². The molecule has 0 aliphatic carbocycles. The van der Waals surface area contributed by atoms with E-state index in [4.69, 9.17) is 10.5 Å². The molecule has 1 aromatic rings. The lowest BCUT2D eigenvalue weighted by Crippen LogP contribution is -2.06. The van der Waals surface area contributed by atoms with Gasteiger partial charge in [0.1, 0.15) is 0 Å². The van der Waals surface area contributed by atoms with E-state index in [1.165, 1.54) is 22.3 Å². The Morgan fingerprint density at radius 1 is 1.38 bits per heavy atom. The largest absolute Gasteiger partial charge is 0.377 e. The van der Waals surface area contributed by atoms with Gasteiger partial charge in [-0.15, -0.1) is 0 Å². The van der Waals surface area contributed by atoms with E-state index in [1.54, 1.807) is 0 Å². The molecule has 0 saturated carbocycles. The van der Waals surface area contributed by atoms with E-state index in [0.717, 1.165) is 26.1 Å². The third-order valence-electron chi connectivity index (χ3n) is 3.10. The van der Waals surface area contributed by atoms with Crippen molar-refractivity contribution in [3.8, 4) is 0 Å². The SMILES string of the molecule is Cc1ccc(C2=CCOCC2)cc1CCN. The van der Waals surface area contributed by atoms with Crippen LogP contribution in [0.5, 0.6) is 0 Å². The molecular weight excluding hydrogens is 198 g/mol. The molecule has 1 aliphatic heterocycles. The molecule has 0 bridgehead atoms.